The number of aromatic nitrogens is 1. The van der Waals surface area contributed by atoms with E-state index in [2.05, 4.69) is 17.6 Å². The van der Waals surface area contributed by atoms with E-state index in [-0.39, 0.29) is 6.42 Å². The molecular formula is C22H28N2O5. The van der Waals surface area contributed by atoms with Crippen molar-refractivity contribution in [2.24, 2.45) is 0 Å². The fourth-order valence-electron chi connectivity index (χ4n) is 4.19. The molecule has 0 radical (unpaired) electrons. The molecule has 1 aromatic heterocycles. The number of fused-ring (bicyclic) bond motifs is 3. The largest absolute Gasteiger partial charge is 0.493 e. The first-order valence-electron chi connectivity index (χ1n) is 10.1. The van der Waals surface area contributed by atoms with Crippen LogP contribution in [-0.4, -0.2) is 42.6 Å². The molecule has 3 rings (SSSR count). The number of nitrogens with zero attached hydrogens (tertiary/aromatic N) is 2. The number of aryl methyl sites for hydroxylation is 2. The van der Waals surface area contributed by atoms with Crippen LogP contribution >= 0.6 is 0 Å². The molecule has 0 fully saturated rings. The van der Waals surface area contributed by atoms with E-state index in [1.807, 2.05) is 13.0 Å². The van der Waals surface area contributed by atoms with Crippen molar-refractivity contribution in [2.45, 2.75) is 52.2 Å². The van der Waals surface area contributed by atoms with Gasteiger partial charge in [-0.25, -0.2) is 0 Å². The second kappa shape index (κ2) is 9.29. The fourth-order valence-corrected chi connectivity index (χ4v) is 4.19. The number of methoxy groups -OCH3 is 1. The van der Waals surface area contributed by atoms with Gasteiger partial charge in [0.25, 0.3) is 0 Å². The van der Waals surface area contributed by atoms with E-state index in [1.54, 1.807) is 7.11 Å². The number of hydrogen-bond donors (Lipinski definition) is 1. The SMILES string of the molecule is CCCn1c2c(c3c(C#N)cc(OCCCOC)c(C)c31)CCOC2CC(=O)O. The summed E-state index contributed by atoms with van der Waals surface area (Å²) in [6, 6.07) is 4.13. The summed E-state index contributed by atoms with van der Waals surface area (Å²) in [5.41, 5.74) is 4.42. The van der Waals surface area contributed by atoms with E-state index < -0.39 is 12.1 Å². The number of rotatable bonds is 9. The maximum atomic E-state index is 11.4. The first-order chi connectivity index (χ1) is 14.0. The van der Waals surface area contributed by atoms with Gasteiger partial charge in [-0.05, 0) is 31.4 Å². The zero-order chi connectivity index (χ0) is 21.0. The number of nitriles is 1. The molecule has 7 nitrogen and oxygen atoms in total. The molecule has 7 heteroatoms. The summed E-state index contributed by atoms with van der Waals surface area (Å²) in [5, 5.41) is 20.1. The van der Waals surface area contributed by atoms with E-state index in [0.717, 1.165) is 47.1 Å². The number of carbonyl (C=O) groups is 1. The molecular weight excluding hydrogens is 372 g/mol. The molecule has 0 saturated heterocycles. The minimum atomic E-state index is -0.893. The molecule has 29 heavy (non-hydrogen) atoms. The van der Waals surface area contributed by atoms with Crippen molar-refractivity contribution in [2.75, 3.05) is 26.9 Å². The highest BCUT2D eigenvalue weighted by Gasteiger charge is 2.32. The molecule has 156 valence electrons. The molecule has 1 atom stereocenters. The first-order valence-corrected chi connectivity index (χ1v) is 10.1. The second-order valence-electron chi connectivity index (χ2n) is 7.30. The van der Waals surface area contributed by atoms with Crippen molar-refractivity contribution < 1.29 is 24.1 Å². The van der Waals surface area contributed by atoms with Gasteiger partial charge in [0.2, 0.25) is 0 Å². The highest BCUT2D eigenvalue weighted by molar-refractivity contribution is 5.95. The van der Waals surface area contributed by atoms with Crippen LogP contribution in [0.25, 0.3) is 10.9 Å². The van der Waals surface area contributed by atoms with Gasteiger partial charge in [0.15, 0.2) is 0 Å². The molecule has 1 N–H and O–H groups in total. The van der Waals surface area contributed by atoms with Gasteiger partial charge < -0.3 is 23.9 Å². The van der Waals surface area contributed by atoms with Gasteiger partial charge in [0.1, 0.15) is 11.9 Å². The van der Waals surface area contributed by atoms with Crippen molar-refractivity contribution in [3.05, 3.63) is 28.5 Å². The number of benzene rings is 1. The average Bonchev–Trinajstić information content (AvgIpc) is 3.03. The molecule has 0 aliphatic carbocycles. The molecule has 0 spiro atoms. The Kier molecular flexibility index (Phi) is 6.78. The first kappa shape index (κ1) is 21.2. The lowest BCUT2D eigenvalue weighted by Crippen LogP contribution is -2.21. The topological polar surface area (TPSA) is 93.7 Å². The van der Waals surface area contributed by atoms with Crippen LogP contribution in [0.1, 0.15) is 54.7 Å². The van der Waals surface area contributed by atoms with E-state index in [1.165, 1.54) is 0 Å². The monoisotopic (exact) mass is 400 g/mol. The number of ether oxygens (including phenoxy) is 3. The average molecular weight is 400 g/mol. The van der Waals surface area contributed by atoms with Crippen LogP contribution in [0.3, 0.4) is 0 Å². The number of carboxylic acids is 1. The van der Waals surface area contributed by atoms with Gasteiger partial charge in [-0.15, -0.1) is 0 Å². The summed E-state index contributed by atoms with van der Waals surface area (Å²) in [5.74, 6) is -0.205. The van der Waals surface area contributed by atoms with Crippen LogP contribution in [0.4, 0.5) is 0 Å². The Labute approximate surface area is 170 Å². The normalized spacial score (nSPS) is 15.9. The predicted octanol–water partition coefficient (Wildman–Crippen LogP) is 3.74. The molecule has 1 unspecified atom stereocenters. The van der Waals surface area contributed by atoms with Crippen molar-refractivity contribution >= 4 is 16.9 Å². The van der Waals surface area contributed by atoms with Gasteiger partial charge in [-0.3, -0.25) is 4.79 Å². The van der Waals surface area contributed by atoms with E-state index in [4.69, 9.17) is 14.2 Å². The van der Waals surface area contributed by atoms with Crippen LogP contribution in [0.5, 0.6) is 5.75 Å². The highest BCUT2D eigenvalue weighted by atomic mass is 16.5. The minimum Gasteiger partial charge on any atom is -0.493 e. The zero-order valence-electron chi connectivity index (χ0n) is 17.3. The summed E-state index contributed by atoms with van der Waals surface area (Å²) in [6.45, 7) is 6.38. The van der Waals surface area contributed by atoms with E-state index >= 15 is 0 Å². The maximum absolute atomic E-state index is 11.4. The third-order valence-electron chi connectivity index (χ3n) is 5.33. The minimum absolute atomic E-state index is 0.0889. The Hall–Kier alpha value is -2.56. The Bertz CT molecular complexity index is 941. The van der Waals surface area contributed by atoms with Crippen molar-refractivity contribution in [1.82, 2.24) is 4.57 Å². The van der Waals surface area contributed by atoms with Crippen LogP contribution < -0.4 is 4.74 Å². The maximum Gasteiger partial charge on any atom is 0.306 e. The van der Waals surface area contributed by atoms with Crippen LogP contribution in [-0.2, 0) is 27.2 Å². The Morgan fingerprint density at radius 1 is 1.45 bits per heavy atom. The Balaban J connectivity index is 2.20. The molecule has 1 aliphatic rings. The third-order valence-corrected chi connectivity index (χ3v) is 5.33. The zero-order valence-corrected chi connectivity index (χ0v) is 17.3. The molecule has 0 amide bonds. The van der Waals surface area contributed by atoms with Crippen LogP contribution in [0.2, 0.25) is 0 Å². The summed E-state index contributed by atoms with van der Waals surface area (Å²) in [7, 11) is 1.66. The molecule has 2 heterocycles. The summed E-state index contributed by atoms with van der Waals surface area (Å²) >= 11 is 0. The lowest BCUT2D eigenvalue weighted by molar-refractivity contribution is -0.140. The Morgan fingerprint density at radius 3 is 2.90 bits per heavy atom. The molecule has 1 aliphatic heterocycles. The summed E-state index contributed by atoms with van der Waals surface area (Å²) < 4.78 is 19.0. The predicted molar refractivity (Wildman–Crippen MR) is 108 cm³/mol. The highest BCUT2D eigenvalue weighted by Crippen LogP contribution is 2.42. The van der Waals surface area contributed by atoms with E-state index in [0.29, 0.717) is 37.6 Å². The second-order valence-corrected chi connectivity index (χ2v) is 7.30. The molecule has 1 aromatic carbocycles. The van der Waals surface area contributed by atoms with Gasteiger partial charge in [-0.2, -0.15) is 5.26 Å². The third kappa shape index (κ3) is 4.09. The molecule has 2 aromatic rings. The van der Waals surface area contributed by atoms with Crippen molar-refractivity contribution in [1.29, 1.82) is 5.26 Å². The Morgan fingerprint density at radius 2 is 2.24 bits per heavy atom. The lowest BCUT2D eigenvalue weighted by Gasteiger charge is -2.25. The van der Waals surface area contributed by atoms with Gasteiger partial charge >= 0.3 is 5.97 Å². The smallest absolute Gasteiger partial charge is 0.306 e. The van der Waals surface area contributed by atoms with Gasteiger partial charge in [0, 0.05) is 37.6 Å². The summed E-state index contributed by atoms with van der Waals surface area (Å²) in [4.78, 5) is 11.4. The fraction of sp³-hybridized carbons (Fsp3) is 0.545. The standard InChI is InChI=1S/C22H28N2O5/c1-4-7-24-21-14(2)17(28-9-5-8-27-3)11-15(13-23)20(21)16-6-10-29-18(22(16)24)12-19(25)26/h11,18H,4-10,12H2,1-3H3,(H,25,26). The molecule has 0 saturated carbocycles. The quantitative estimate of drug-likeness (QED) is 0.645. The number of hydrogen-bond acceptors (Lipinski definition) is 5. The van der Waals surface area contributed by atoms with Crippen molar-refractivity contribution in [3.63, 3.8) is 0 Å². The van der Waals surface area contributed by atoms with E-state index in [9.17, 15) is 15.2 Å². The van der Waals surface area contributed by atoms with Crippen molar-refractivity contribution in [3.8, 4) is 11.8 Å². The summed E-state index contributed by atoms with van der Waals surface area (Å²) in [6.07, 6.45) is 1.72. The molecule has 0 bridgehead atoms. The van der Waals surface area contributed by atoms with Gasteiger partial charge in [0.05, 0.1) is 42.5 Å². The number of aliphatic carboxylic acids is 1. The van der Waals surface area contributed by atoms with Crippen LogP contribution in [0, 0.1) is 18.3 Å². The van der Waals surface area contributed by atoms with Crippen LogP contribution in [0.15, 0.2) is 6.07 Å². The van der Waals surface area contributed by atoms with Gasteiger partial charge in [-0.1, -0.05) is 6.92 Å². The lowest BCUT2D eigenvalue weighted by atomic mass is 9.96. The number of carboxylic acid groups (broad SMARTS) is 1.